The van der Waals surface area contributed by atoms with Crippen molar-refractivity contribution in [1.29, 1.82) is 0 Å². The summed E-state index contributed by atoms with van der Waals surface area (Å²) < 4.78 is 4.85. The molecular formula is C11H18ClN3O2S. The van der Waals surface area contributed by atoms with Crippen molar-refractivity contribution in [2.45, 2.75) is 31.7 Å². The Labute approximate surface area is 117 Å². The van der Waals surface area contributed by atoms with Gasteiger partial charge in [0.15, 0.2) is 5.13 Å². The Hall–Kier alpha value is -0.690. The molecule has 0 fully saturated rings. The summed E-state index contributed by atoms with van der Waals surface area (Å²) in [6.07, 6.45) is 3.13. The van der Waals surface area contributed by atoms with E-state index in [9.17, 15) is 4.79 Å². The minimum absolute atomic E-state index is 0. The summed E-state index contributed by atoms with van der Waals surface area (Å²) in [7, 11) is 1.58. The first kappa shape index (κ1) is 15.4. The van der Waals surface area contributed by atoms with Crippen LogP contribution in [0.1, 0.15) is 23.4 Å². The van der Waals surface area contributed by atoms with Crippen LogP contribution < -0.4 is 11.1 Å². The average Bonchev–Trinajstić information content (AvgIpc) is 2.67. The maximum absolute atomic E-state index is 11.5. The minimum Gasteiger partial charge on any atom is -0.384 e. The minimum atomic E-state index is -0.0535. The number of ether oxygens (including phenoxy) is 1. The number of aryl methyl sites for hydroxylation is 1. The number of aromatic nitrogens is 1. The molecule has 0 saturated carbocycles. The Morgan fingerprint density at radius 3 is 3.17 bits per heavy atom. The topological polar surface area (TPSA) is 77.2 Å². The molecule has 0 unspecified atom stereocenters. The highest BCUT2D eigenvalue weighted by atomic mass is 35.5. The fourth-order valence-electron chi connectivity index (χ4n) is 1.83. The lowest BCUT2D eigenvalue weighted by atomic mass is 9.99. The number of carbonyl (C=O) groups is 1. The number of nitrogens with one attached hydrogen (secondary N) is 1. The predicted molar refractivity (Wildman–Crippen MR) is 74.5 cm³/mol. The highest BCUT2D eigenvalue weighted by molar-refractivity contribution is 7.15. The molecule has 18 heavy (non-hydrogen) atoms. The van der Waals surface area contributed by atoms with Gasteiger partial charge >= 0.3 is 0 Å². The molecule has 0 radical (unpaired) electrons. The summed E-state index contributed by atoms with van der Waals surface area (Å²) in [6, 6.07) is 0.236. The zero-order valence-electron chi connectivity index (χ0n) is 10.3. The Morgan fingerprint density at radius 1 is 1.67 bits per heavy atom. The molecule has 3 N–H and O–H groups in total. The van der Waals surface area contributed by atoms with Crippen molar-refractivity contribution >= 4 is 34.8 Å². The van der Waals surface area contributed by atoms with Gasteiger partial charge in [-0.1, -0.05) is 0 Å². The molecule has 2 rings (SSSR count). The molecule has 1 amide bonds. The van der Waals surface area contributed by atoms with Crippen LogP contribution in [0.15, 0.2) is 0 Å². The zero-order chi connectivity index (χ0) is 12.3. The lowest BCUT2D eigenvalue weighted by Crippen LogP contribution is -2.27. The number of hydrogen-bond acceptors (Lipinski definition) is 5. The maximum Gasteiger partial charge on any atom is 0.228 e. The van der Waals surface area contributed by atoms with Crippen molar-refractivity contribution in [2.24, 2.45) is 5.73 Å². The van der Waals surface area contributed by atoms with E-state index in [2.05, 4.69) is 10.3 Å². The van der Waals surface area contributed by atoms with Gasteiger partial charge in [0.1, 0.15) is 0 Å². The predicted octanol–water partition coefficient (Wildman–Crippen LogP) is 1.36. The van der Waals surface area contributed by atoms with E-state index in [1.54, 1.807) is 7.11 Å². The van der Waals surface area contributed by atoms with E-state index >= 15 is 0 Å². The van der Waals surface area contributed by atoms with Gasteiger partial charge in [0.25, 0.3) is 0 Å². The molecule has 0 saturated heterocycles. The number of thiazole rings is 1. The third-order valence-electron chi connectivity index (χ3n) is 2.76. The lowest BCUT2D eigenvalue weighted by molar-refractivity contribution is -0.117. The van der Waals surface area contributed by atoms with Crippen molar-refractivity contribution in [3.8, 4) is 0 Å². The first-order chi connectivity index (χ1) is 8.19. The largest absolute Gasteiger partial charge is 0.384 e. The first-order valence-corrected chi connectivity index (χ1v) is 6.53. The van der Waals surface area contributed by atoms with Crippen LogP contribution in [0.25, 0.3) is 0 Å². The molecule has 1 aromatic rings. The highest BCUT2D eigenvalue weighted by Gasteiger charge is 2.20. The van der Waals surface area contributed by atoms with Crippen molar-refractivity contribution in [3.05, 3.63) is 10.6 Å². The van der Waals surface area contributed by atoms with Crippen molar-refractivity contribution < 1.29 is 9.53 Å². The second-order valence-corrected chi connectivity index (χ2v) is 5.27. The van der Waals surface area contributed by atoms with E-state index in [-0.39, 0.29) is 24.4 Å². The number of anilines is 1. The molecule has 0 bridgehead atoms. The highest BCUT2D eigenvalue weighted by Crippen LogP contribution is 2.29. The van der Waals surface area contributed by atoms with E-state index in [0.29, 0.717) is 18.2 Å². The van der Waals surface area contributed by atoms with Gasteiger partial charge in [-0.25, -0.2) is 4.98 Å². The fraction of sp³-hybridized carbons (Fsp3) is 0.636. The molecule has 1 heterocycles. The summed E-state index contributed by atoms with van der Waals surface area (Å²) in [5.74, 6) is -0.0535. The van der Waals surface area contributed by atoms with E-state index in [0.717, 1.165) is 25.0 Å². The van der Waals surface area contributed by atoms with Crippen LogP contribution in [-0.4, -0.2) is 30.6 Å². The van der Waals surface area contributed by atoms with Crippen LogP contribution in [0.4, 0.5) is 5.13 Å². The van der Waals surface area contributed by atoms with E-state index in [4.69, 9.17) is 10.5 Å². The van der Waals surface area contributed by atoms with E-state index in [1.807, 2.05) is 0 Å². The SMILES string of the molecule is COCCC(=O)Nc1nc2c(s1)C[C@@H](N)CC2.Cl. The average molecular weight is 292 g/mol. The van der Waals surface area contributed by atoms with Crippen LogP contribution in [-0.2, 0) is 22.4 Å². The number of halogens is 1. The second-order valence-electron chi connectivity index (χ2n) is 4.18. The summed E-state index contributed by atoms with van der Waals surface area (Å²) in [6.45, 7) is 0.432. The summed E-state index contributed by atoms with van der Waals surface area (Å²) in [4.78, 5) is 17.1. The lowest BCUT2D eigenvalue weighted by Gasteiger charge is -2.15. The van der Waals surface area contributed by atoms with Crippen LogP contribution in [0, 0.1) is 0 Å². The van der Waals surface area contributed by atoms with Crippen molar-refractivity contribution in [2.75, 3.05) is 19.0 Å². The smallest absolute Gasteiger partial charge is 0.228 e. The summed E-state index contributed by atoms with van der Waals surface area (Å²) in [5.41, 5.74) is 7.00. The van der Waals surface area contributed by atoms with Crippen LogP contribution in [0.5, 0.6) is 0 Å². The first-order valence-electron chi connectivity index (χ1n) is 5.72. The fourth-order valence-corrected chi connectivity index (χ4v) is 2.95. The van der Waals surface area contributed by atoms with Crippen LogP contribution in [0.3, 0.4) is 0 Å². The molecule has 0 aromatic carbocycles. The van der Waals surface area contributed by atoms with Gasteiger partial charge < -0.3 is 15.8 Å². The quantitative estimate of drug-likeness (QED) is 0.878. The third kappa shape index (κ3) is 3.91. The molecular weight excluding hydrogens is 274 g/mol. The Bertz CT molecular complexity index is 411. The Kier molecular flexibility index (Phi) is 6.01. The van der Waals surface area contributed by atoms with Crippen molar-refractivity contribution in [3.63, 3.8) is 0 Å². The van der Waals surface area contributed by atoms with Crippen LogP contribution in [0.2, 0.25) is 0 Å². The molecule has 0 spiro atoms. The van der Waals surface area contributed by atoms with Gasteiger partial charge in [-0.3, -0.25) is 4.79 Å². The molecule has 1 aliphatic carbocycles. The number of hydrogen-bond donors (Lipinski definition) is 2. The van der Waals surface area contributed by atoms with Gasteiger partial charge in [0.2, 0.25) is 5.91 Å². The van der Waals surface area contributed by atoms with E-state index < -0.39 is 0 Å². The number of methoxy groups -OCH3 is 1. The Balaban J connectivity index is 0.00000162. The number of rotatable bonds is 4. The monoisotopic (exact) mass is 291 g/mol. The standard InChI is InChI=1S/C11H17N3O2S.ClH/c1-16-5-4-10(15)14-11-13-8-3-2-7(12)6-9(8)17-11;/h7H,2-6,12H2,1H3,(H,13,14,15);1H/t7-;/m0./s1. The Morgan fingerprint density at radius 2 is 2.44 bits per heavy atom. The normalized spacial score (nSPS) is 17.8. The second kappa shape index (κ2) is 7.04. The molecule has 7 heteroatoms. The number of amides is 1. The molecule has 1 atom stereocenters. The van der Waals surface area contributed by atoms with Gasteiger partial charge in [-0.05, 0) is 19.3 Å². The summed E-state index contributed by atoms with van der Waals surface area (Å²) >= 11 is 1.54. The number of nitrogens with zero attached hydrogens (tertiary/aromatic N) is 1. The van der Waals surface area contributed by atoms with Crippen molar-refractivity contribution in [1.82, 2.24) is 4.98 Å². The summed E-state index contributed by atoms with van der Waals surface area (Å²) in [5, 5.41) is 3.48. The molecule has 102 valence electrons. The zero-order valence-corrected chi connectivity index (χ0v) is 11.9. The molecule has 0 aliphatic heterocycles. The third-order valence-corrected chi connectivity index (χ3v) is 3.79. The molecule has 1 aliphatic rings. The van der Waals surface area contributed by atoms with Crippen LogP contribution >= 0.6 is 23.7 Å². The van der Waals surface area contributed by atoms with Gasteiger partial charge in [-0.2, -0.15) is 0 Å². The molecule has 5 nitrogen and oxygen atoms in total. The molecule has 1 aromatic heterocycles. The number of fused-ring (bicyclic) bond motifs is 1. The van der Waals surface area contributed by atoms with Gasteiger partial charge in [0, 0.05) is 18.0 Å². The number of carbonyl (C=O) groups excluding carboxylic acids is 1. The van der Waals surface area contributed by atoms with E-state index in [1.165, 1.54) is 16.2 Å². The van der Waals surface area contributed by atoms with Gasteiger partial charge in [-0.15, -0.1) is 23.7 Å². The van der Waals surface area contributed by atoms with Gasteiger partial charge in [0.05, 0.1) is 18.7 Å². The number of nitrogens with two attached hydrogens (primary N) is 1. The maximum atomic E-state index is 11.5.